The van der Waals surface area contributed by atoms with Crippen molar-refractivity contribution in [1.82, 2.24) is 14.6 Å². The van der Waals surface area contributed by atoms with Gasteiger partial charge in [0.2, 0.25) is 5.91 Å². The number of amides is 3. The molecule has 1 atom stereocenters. The number of carbonyl (C=O) groups excluding carboxylic acids is 3. The van der Waals surface area contributed by atoms with Gasteiger partial charge in [0, 0.05) is 12.6 Å². The highest BCUT2D eigenvalue weighted by atomic mass is 32.1. The Balaban J connectivity index is 1.74. The largest absolute Gasteiger partial charge is 0.508 e. The van der Waals surface area contributed by atoms with Crippen molar-refractivity contribution in [2.45, 2.75) is 51.1 Å². The van der Waals surface area contributed by atoms with E-state index in [1.807, 2.05) is 31.2 Å². The molecule has 37 heavy (non-hydrogen) atoms. The summed E-state index contributed by atoms with van der Waals surface area (Å²) in [7, 11) is 0. The summed E-state index contributed by atoms with van der Waals surface area (Å²) in [6.07, 6.45) is 4.33. The van der Waals surface area contributed by atoms with Gasteiger partial charge in [-0.15, -0.1) is 0 Å². The van der Waals surface area contributed by atoms with Gasteiger partial charge in [-0.05, 0) is 61.0 Å². The molecule has 194 valence electrons. The van der Waals surface area contributed by atoms with Crippen molar-refractivity contribution >= 4 is 34.9 Å². The number of aryl methyl sites for hydroxylation is 1. The zero-order chi connectivity index (χ0) is 26.5. The van der Waals surface area contributed by atoms with Gasteiger partial charge in [-0.2, -0.15) is 4.37 Å². The van der Waals surface area contributed by atoms with E-state index in [0.717, 1.165) is 48.3 Å². The molecule has 0 radical (unpaired) electrons. The lowest BCUT2D eigenvalue weighted by molar-refractivity contribution is -0.126. The Labute approximate surface area is 219 Å². The van der Waals surface area contributed by atoms with Crippen LogP contribution in [0.5, 0.6) is 5.75 Å². The standard InChI is InChI=1S/C27H31N5O4S/c1-16-5-4-6-17(15-16)13-14-32(27(36)24-21(28)22(25(29)34)31-37-24)23(18-9-11-20(33)12-10-18)26(35)30-19-7-2-3-8-19/h4-6,9-12,15,19,23,33H,2-3,7-8,13-14,28H2,1H3,(H2,29,34)(H,30,35)/t23-/m0/s1. The molecule has 0 saturated heterocycles. The van der Waals surface area contributed by atoms with Crippen molar-refractivity contribution in [3.05, 3.63) is 75.8 Å². The SMILES string of the molecule is Cc1cccc(CCN(C(=O)c2snc(C(N)=O)c2N)[C@H](C(=O)NC2CCCC2)c2ccc(O)cc2)c1. The number of phenols is 1. The summed E-state index contributed by atoms with van der Waals surface area (Å²) >= 11 is 0.786. The quantitative estimate of drug-likeness (QED) is 0.339. The van der Waals surface area contributed by atoms with Crippen molar-refractivity contribution in [1.29, 1.82) is 0 Å². The van der Waals surface area contributed by atoms with Gasteiger partial charge in [0.05, 0.1) is 5.69 Å². The number of rotatable bonds is 9. The minimum atomic E-state index is -0.989. The zero-order valence-corrected chi connectivity index (χ0v) is 21.5. The van der Waals surface area contributed by atoms with Crippen LogP contribution in [0.3, 0.4) is 0 Å². The molecule has 3 aromatic rings. The molecule has 2 aromatic carbocycles. The fraction of sp³-hybridized carbons (Fsp3) is 0.333. The van der Waals surface area contributed by atoms with E-state index in [9.17, 15) is 19.5 Å². The third-order valence-electron chi connectivity index (χ3n) is 6.61. The Kier molecular flexibility index (Phi) is 8.08. The number of phenolic OH excluding ortho intramolecular Hbond substituents is 1. The summed E-state index contributed by atoms with van der Waals surface area (Å²) in [5.74, 6) is -1.61. The monoisotopic (exact) mass is 521 g/mol. The average Bonchev–Trinajstić information content (AvgIpc) is 3.51. The Morgan fingerprint density at radius 1 is 1.16 bits per heavy atom. The second-order valence-electron chi connectivity index (χ2n) is 9.36. The van der Waals surface area contributed by atoms with Gasteiger partial charge in [-0.1, -0.05) is 54.8 Å². The Morgan fingerprint density at radius 2 is 1.86 bits per heavy atom. The maximum atomic E-state index is 13.9. The van der Waals surface area contributed by atoms with Gasteiger partial charge in [0.15, 0.2) is 5.69 Å². The number of carbonyl (C=O) groups is 3. The highest BCUT2D eigenvalue weighted by Gasteiger charge is 2.35. The number of hydrogen-bond acceptors (Lipinski definition) is 7. The molecule has 3 amide bonds. The molecular weight excluding hydrogens is 490 g/mol. The fourth-order valence-corrected chi connectivity index (χ4v) is 5.47. The number of anilines is 1. The summed E-state index contributed by atoms with van der Waals surface area (Å²) in [4.78, 5) is 40.9. The molecule has 1 fully saturated rings. The molecule has 0 bridgehead atoms. The third-order valence-corrected chi connectivity index (χ3v) is 7.46. The molecule has 1 saturated carbocycles. The lowest BCUT2D eigenvalue weighted by Crippen LogP contribution is -2.46. The molecule has 6 N–H and O–H groups in total. The van der Waals surface area contributed by atoms with Gasteiger partial charge in [0.25, 0.3) is 11.8 Å². The molecule has 0 unspecified atom stereocenters. The van der Waals surface area contributed by atoms with Crippen LogP contribution in [0.25, 0.3) is 0 Å². The number of nitrogens with two attached hydrogens (primary N) is 2. The van der Waals surface area contributed by atoms with Crippen LogP contribution in [0, 0.1) is 6.92 Å². The van der Waals surface area contributed by atoms with Crippen LogP contribution < -0.4 is 16.8 Å². The van der Waals surface area contributed by atoms with Crippen molar-refractivity contribution in [2.24, 2.45) is 5.73 Å². The van der Waals surface area contributed by atoms with E-state index in [0.29, 0.717) is 12.0 Å². The Hall–Kier alpha value is -3.92. The molecule has 1 heterocycles. The van der Waals surface area contributed by atoms with Crippen LogP contribution in [-0.2, 0) is 11.2 Å². The topological polar surface area (TPSA) is 152 Å². The van der Waals surface area contributed by atoms with Gasteiger partial charge in [-0.25, -0.2) is 0 Å². The summed E-state index contributed by atoms with van der Waals surface area (Å²) in [6.45, 7) is 2.19. The number of nitrogens with zero attached hydrogens (tertiary/aromatic N) is 2. The number of benzene rings is 2. The van der Waals surface area contributed by atoms with Crippen LogP contribution in [0.4, 0.5) is 5.69 Å². The molecule has 1 aliphatic carbocycles. The Morgan fingerprint density at radius 3 is 2.49 bits per heavy atom. The lowest BCUT2D eigenvalue weighted by Gasteiger charge is -2.32. The highest BCUT2D eigenvalue weighted by molar-refractivity contribution is 7.09. The normalized spacial score (nSPS) is 14.3. The van der Waals surface area contributed by atoms with Crippen LogP contribution >= 0.6 is 11.5 Å². The number of nitrogen functional groups attached to an aromatic ring is 1. The minimum absolute atomic E-state index is 0.0378. The molecule has 4 rings (SSSR count). The minimum Gasteiger partial charge on any atom is -0.508 e. The van der Waals surface area contributed by atoms with E-state index in [1.54, 1.807) is 12.1 Å². The second-order valence-corrected chi connectivity index (χ2v) is 10.1. The highest BCUT2D eigenvalue weighted by Crippen LogP contribution is 2.30. The molecule has 1 aromatic heterocycles. The average molecular weight is 522 g/mol. The van der Waals surface area contributed by atoms with E-state index < -0.39 is 17.9 Å². The van der Waals surface area contributed by atoms with Crippen molar-refractivity contribution in [3.8, 4) is 5.75 Å². The summed E-state index contributed by atoms with van der Waals surface area (Å²) in [6, 6.07) is 13.2. The smallest absolute Gasteiger partial charge is 0.270 e. The molecule has 0 spiro atoms. The zero-order valence-electron chi connectivity index (χ0n) is 20.6. The predicted octanol–water partition coefficient (Wildman–Crippen LogP) is 3.32. The molecule has 1 aliphatic rings. The first kappa shape index (κ1) is 26.2. The first-order chi connectivity index (χ1) is 17.7. The van der Waals surface area contributed by atoms with Gasteiger partial charge in [-0.3, -0.25) is 14.4 Å². The number of primary amides is 1. The predicted molar refractivity (Wildman–Crippen MR) is 142 cm³/mol. The number of nitrogens with one attached hydrogen (secondary N) is 1. The number of aromatic nitrogens is 1. The van der Waals surface area contributed by atoms with Gasteiger partial charge < -0.3 is 26.8 Å². The van der Waals surface area contributed by atoms with Crippen molar-refractivity contribution < 1.29 is 19.5 Å². The number of aromatic hydroxyl groups is 1. The van der Waals surface area contributed by atoms with Crippen molar-refractivity contribution in [3.63, 3.8) is 0 Å². The van der Waals surface area contributed by atoms with E-state index >= 15 is 0 Å². The summed E-state index contributed by atoms with van der Waals surface area (Å²) < 4.78 is 3.98. The third kappa shape index (κ3) is 6.08. The molecule has 0 aliphatic heterocycles. The molecular formula is C27H31N5O4S. The van der Waals surface area contributed by atoms with E-state index in [4.69, 9.17) is 11.5 Å². The van der Waals surface area contributed by atoms with Crippen LogP contribution in [0.15, 0.2) is 48.5 Å². The Bertz CT molecular complexity index is 1280. The first-order valence-electron chi connectivity index (χ1n) is 12.3. The van der Waals surface area contributed by atoms with Crippen molar-refractivity contribution in [2.75, 3.05) is 12.3 Å². The molecule has 9 nitrogen and oxygen atoms in total. The van der Waals surface area contributed by atoms with Gasteiger partial charge >= 0.3 is 0 Å². The summed E-state index contributed by atoms with van der Waals surface area (Å²) in [5.41, 5.74) is 13.9. The maximum Gasteiger partial charge on any atom is 0.270 e. The molecule has 10 heteroatoms. The van der Waals surface area contributed by atoms with Crippen LogP contribution in [0.2, 0.25) is 0 Å². The van der Waals surface area contributed by atoms with Gasteiger partial charge in [0.1, 0.15) is 16.7 Å². The summed E-state index contributed by atoms with van der Waals surface area (Å²) in [5, 5.41) is 13.0. The van der Waals surface area contributed by atoms with E-state index in [-0.39, 0.29) is 40.5 Å². The van der Waals surface area contributed by atoms with Crippen LogP contribution in [-0.4, -0.2) is 44.7 Å². The lowest BCUT2D eigenvalue weighted by atomic mass is 10.0. The first-order valence-corrected chi connectivity index (χ1v) is 13.0. The second kappa shape index (κ2) is 11.4. The maximum absolute atomic E-state index is 13.9. The fourth-order valence-electron chi connectivity index (χ4n) is 4.70. The van der Waals surface area contributed by atoms with E-state index in [1.165, 1.54) is 17.0 Å². The van der Waals surface area contributed by atoms with E-state index in [2.05, 4.69) is 9.69 Å². The van der Waals surface area contributed by atoms with Crippen LogP contribution in [0.1, 0.15) is 68.6 Å². The number of hydrogen-bond donors (Lipinski definition) is 4.